The molecular formula is C16H33NO3. The van der Waals surface area contributed by atoms with Crippen LogP contribution in [-0.4, -0.2) is 37.4 Å². The average Bonchev–Trinajstić information content (AvgIpc) is 2.24. The molecule has 0 radical (unpaired) electrons. The molecule has 0 saturated heterocycles. The van der Waals surface area contributed by atoms with Crippen molar-refractivity contribution >= 4 is 5.97 Å². The molecule has 0 aliphatic rings. The molecule has 2 atom stereocenters. The Morgan fingerprint density at radius 2 is 1.70 bits per heavy atom. The van der Waals surface area contributed by atoms with Gasteiger partial charge in [-0.2, -0.15) is 0 Å². The van der Waals surface area contributed by atoms with E-state index in [-0.39, 0.29) is 23.5 Å². The summed E-state index contributed by atoms with van der Waals surface area (Å²) in [4.78, 5) is 12.0. The zero-order chi connectivity index (χ0) is 16.0. The fourth-order valence-electron chi connectivity index (χ4n) is 2.26. The number of esters is 1. The van der Waals surface area contributed by atoms with E-state index in [0.29, 0.717) is 13.0 Å². The number of carbonyl (C=O) groups excluding carboxylic acids is 1. The van der Waals surface area contributed by atoms with Crippen LogP contribution in [0.25, 0.3) is 0 Å². The first kappa shape index (κ1) is 19.4. The quantitative estimate of drug-likeness (QED) is 0.697. The van der Waals surface area contributed by atoms with Crippen LogP contribution in [-0.2, 0) is 14.3 Å². The normalized spacial score (nSPS) is 16.9. The van der Waals surface area contributed by atoms with E-state index in [2.05, 4.69) is 26.1 Å². The van der Waals surface area contributed by atoms with E-state index in [1.807, 2.05) is 27.7 Å². The molecule has 0 spiro atoms. The van der Waals surface area contributed by atoms with E-state index in [1.54, 1.807) is 0 Å². The van der Waals surface area contributed by atoms with Crippen LogP contribution >= 0.6 is 0 Å². The monoisotopic (exact) mass is 287 g/mol. The second-order valence-electron chi connectivity index (χ2n) is 7.32. The molecule has 0 heterocycles. The number of hydrogen-bond donors (Lipinski definition) is 1. The van der Waals surface area contributed by atoms with Crippen LogP contribution in [0.5, 0.6) is 0 Å². The molecule has 0 aromatic heterocycles. The molecule has 0 fully saturated rings. The fourth-order valence-corrected chi connectivity index (χ4v) is 2.26. The summed E-state index contributed by atoms with van der Waals surface area (Å²) < 4.78 is 10.8. The Kier molecular flexibility index (Phi) is 7.74. The van der Waals surface area contributed by atoms with Gasteiger partial charge in [-0.25, -0.2) is 0 Å². The van der Waals surface area contributed by atoms with Crippen LogP contribution in [0, 0.1) is 5.41 Å². The minimum absolute atomic E-state index is 0.00713. The Bertz CT molecular complexity index is 297. The van der Waals surface area contributed by atoms with Gasteiger partial charge in [0.2, 0.25) is 0 Å². The number of methoxy groups -OCH3 is 1. The van der Waals surface area contributed by atoms with Crippen LogP contribution < -0.4 is 5.32 Å². The van der Waals surface area contributed by atoms with Crippen LogP contribution in [0.1, 0.15) is 61.3 Å². The summed E-state index contributed by atoms with van der Waals surface area (Å²) in [6.07, 6.45) is 1.61. The predicted octanol–water partition coefficient (Wildman–Crippen LogP) is 3.15. The smallest absolute Gasteiger partial charge is 0.325 e. The second-order valence-corrected chi connectivity index (χ2v) is 7.32. The molecule has 0 rings (SSSR count). The minimum Gasteiger partial charge on any atom is -0.468 e. The molecule has 20 heavy (non-hydrogen) atoms. The van der Waals surface area contributed by atoms with Crippen molar-refractivity contribution in [2.24, 2.45) is 5.41 Å². The van der Waals surface area contributed by atoms with Gasteiger partial charge in [-0.3, -0.25) is 10.1 Å². The molecular weight excluding hydrogens is 254 g/mol. The van der Waals surface area contributed by atoms with Crippen LogP contribution in [0.4, 0.5) is 0 Å². The van der Waals surface area contributed by atoms with E-state index in [4.69, 9.17) is 9.47 Å². The summed E-state index contributed by atoms with van der Waals surface area (Å²) in [6, 6.07) is 0.209. The lowest BCUT2D eigenvalue weighted by atomic mass is 9.92. The number of rotatable bonds is 8. The van der Waals surface area contributed by atoms with Crippen LogP contribution in [0.2, 0.25) is 0 Å². The van der Waals surface area contributed by atoms with Crippen molar-refractivity contribution < 1.29 is 14.3 Å². The van der Waals surface area contributed by atoms with Gasteiger partial charge in [0.05, 0.1) is 13.2 Å². The van der Waals surface area contributed by atoms with Gasteiger partial charge in [0, 0.05) is 19.1 Å². The standard InChI is InChI=1S/C16H33NO3/c1-12(2)17-16(7,14(18)19-8)11-13(3)20-10-9-15(4,5)6/h12-13,17H,9-11H2,1-8H3. The van der Waals surface area contributed by atoms with Gasteiger partial charge >= 0.3 is 5.97 Å². The predicted molar refractivity (Wildman–Crippen MR) is 82.8 cm³/mol. The summed E-state index contributed by atoms with van der Waals surface area (Å²) in [7, 11) is 1.42. The molecule has 120 valence electrons. The largest absolute Gasteiger partial charge is 0.468 e. The maximum Gasteiger partial charge on any atom is 0.325 e. The molecule has 4 nitrogen and oxygen atoms in total. The summed E-state index contributed by atoms with van der Waals surface area (Å²) in [6.45, 7) is 15.2. The van der Waals surface area contributed by atoms with Crippen LogP contribution in [0.3, 0.4) is 0 Å². The van der Waals surface area contributed by atoms with Gasteiger partial charge in [-0.05, 0) is 39.5 Å². The van der Waals surface area contributed by atoms with E-state index in [1.165, 1.54) is 7.11 Å². The van der Waals surface area contributed by atoms with Crippen molar-refractivity contribution in [1.82, 2.24) is 5.32 Å². The number of nitrogens with one attached hydrogen (secondary N) is 1. The first-order valence-corrected chi connectivity index (χ1v) is 7.48. The molecule has 2 unspecified atom stereocenters. The minimum atomic E-state index is -0.704. The highest BCUT2D eigenvalue weighted by Gasteiger charge is 2.36. The Morgan fingerprint density at radius 1 is 1.15 bits per heavy atom. The molecule has 0 aliphatic heterocycles. The number of carbonyl (C=O) groups is 1. The topological polar surface area (TPSA) is 47.6 Å². The molecule has 0 bridgehead atoms. The lowest BCUT2D eigenvalue weighted by Crippen LogP contribution is -2.54. The fraction of sp³-hybridized carbons (Fsp3) is 0.938. The Morgan fingerprint density at radius 3 is 2.10 bits per heavy atom. The van der Waals surface area contributed by atoms with E-state index < -0.39 is 5.54 Å². The third kappa shape index (κ3) is 7.85. The third-order valence-corrected chi connectivity index (χ3v) is 3.19. The molecule has 1 N–H and O–H groups in total. The Hall–Kier alpha value is -0.610. The molecule has 4 heteroatoms. The summed E-state index contributed by atoms with van der Waals surface area (Å²) in [5, 5.41) is 3.29. The van der Waals surface area contributed by atoms with Crippen molar-refractivity contribution in [2.45, 2.75) is 79.0 Å². The van der Waals surface area contributed by atoms with Crippen molar-refractivity contribution in [3.63, 3.8) is 0 Å². The van der Waals surface area contributed by atoms with E-state index in [9.17, 15) is 4.79 Å². The first-order valence-electron chi connectivity index (χ1n) is 7.48. The number of ether oxygens (including phenoxy) is 2. The lowest BCUT2D eigenvalue weighted by molar-refractivity contribution is -0.150. The third-order valence-electron chi connectivity index (χ3n) is 3.19. The van der Waals surface area contributed by atoms with Crippen LogP contribution in [0.15, 0.2) is 0 Å². The van der Waals surface area contributed by atoms with Gasteiger partial charge in [0.25, 0.3) is 0 Å². The van der Waals surface area contributed by atoms with Crippen molar-refractivity contribution in [3.8, 4) is 0 Å². The Balaban J connectivity index is 4.47. The lowest BCUT2D eigenvalue weighted by Gasteiger charge is -2.32. The SMILES string of the molecule is COC(=O)C(C)(CC(C)OCCC(C)(C)C)NC(C)C. The molecule has 0 amide bonds. The summed E-state index contributed by atoms with van der Waals surface area (Å²) >= 11 is 0. The summed E-state index contributed by atoms with van der Waals surface area (Å²) in [5.41, 5.74) is -0.439. The zero-order valence-corrected chi connectivity index (χ0v) is 14.5. The highest BCUT2D eigenvalue weighted by atomic mass is 16.5. The van der Waals surface area contributed by atoms with Crippen molar-refractivity contribution in [3.05, 3.63) is 0 Å². The highest BCUT2D eigenvalue weighted by Crippen LogP contribution is 2.21. The van der Waals surface area contributed by atoms with Gasteiger partial charge in [0.1, 0.15) is 5.54 Å². The Labute approximate surface area is 124 Å². The maximum atomic E-state index is 12.0. The van der Waals surface area contributed by atoms with Gasteiger partial charge < -0.3 is 9.47 Å². The molecule has 0 aliphatic carbocycles. The first-order chi connectivity index (χ1) is 9.00. The highest BCUT2D eigenvalue weighted by molar-refractivity contribution is 5.80. The average molecular weight is 287 g/mol. The molecule has 0 aromatic rings. The van der Waals surface area contributed by atoms with Crippen molar-refractivity contribution in [1.29, 1.82) is 0 Å². The van der Waals surface area contributed by atoms with Crippen molar-refractivity contribution in [2.75, 3.05) is 13.7 Å². The summed E-state index contributed by atoms with van der Waals surface area (Å²) in [5.74, 6) is -0.238. The van der Waals surface area contributed by atoms with E-state index in [0.717, 1.165) is 6.42 Å². The van der Waals surface area contributed by atoms with Gasteiger partial charge in [-0.15, -0.1) is 0 Å². The zero-order valence-electron chi connectivity index (χ0n) is 14.5. The number of hydrogen-bond acceptors (Lipinski definition) is 4. The molecule has 0 aromatic carbocycles. The molecule has 0 saturated carbocycles. The van der Waals surface area contributed by atoms with Gasteiger partial charge in [0.15, 0.2) is 0 Å². The van der Waals surface area contributed by atoms with Gasteiger partial charge in [-0.1, -0.05) is 20.8 Å². The maximum absolute atomic E-state index is 12.0. The van der Waals surface area contributed by atoms with E-state index >= 15 is 0 Å². The second kappa shape index (κ2) is 7.99.